The van der Waals surface area contributed by atoms with Crippen molar-refractivity contribution in [3.8, 4) is 0 Å². The van der Waals surface area contributed by atoms with E-state index in [1.807, 2.05) is 26.0 Å². The van der Waals surface area contributed by atoms with Gasteiger partial charge in [-0.3, -0.25) is 18.9 Å². The summed E-state index contributed by atoms with van der Waals surface area (Å²) in [5, 5.41) is 0. The van der Waals surface area contributed by atoms with E-state index in [9.17, 15) is 9.59 Å². The number of carbonyl (C=O) groups excluding carboxylic acids is 1. The maximum atomic E-state index is 13.5. The summed E-state index contributed by atoms with van der Waals surface area (Å²) in [6.07, 6.45) is 4.75. The number of pyridine rings is 1. The second-order valence-corrected chi connectivity index (χ2v) is 10.5. The van der Waals surface area contributed by atoms with Gasteiger partial charge in [-0.05, 0) is 24.1 Å². The quantitative estimate of drug-likeness (QED) is 0.482. The topological polar surface area (TPSA) is 76.4 Å². The van der Waals surface area contributed by atoms with Crippen molar-refractivity contribution in [2.24, 2.45) is 5.92 Å². The minimum atomic E-state index is -0.526. The van der Waals surface area contributed by atoms with Gasteiger partial charge in [0, 0.05) is 38.7 Å². The Hall–Kier alpha value is -2.27. The van der Waals surface area contributed by atoms with E-state index in [0.717, 1.165) is 0 Å². The predicted molar refractivity (Wildman–Crippen MR) is 132 cm³/mol. The molecular formula is C23H26N4O4S2. The number of piperidine rings is 1. The number of rotatable bonds is 4. The lowest BCUT2D eigenvalue weighted by Gasteiger charge is -2.38. The Kier molecular flexibility index (Phi) is 6.02. The predicted octanol–water partition coefficient (Wildman–Crippen LogP) is 2.90. The van der Waals surface area contributed by atoms with Crippen LogP contribution in [0.3, 0.4) is 0 Å². The molecular weight excluding hydrogens is 460 g/mol. The Morgan fingerprint density at radius 3 is 2.64 bits per heavy atom. The minimum absolute atomic E-state index is 0.160. The first kappa shape index (κ1) is 22.5. The number of anilines is 1. The van der Waals surface area contributed by atoms with Crippen molar-refractivity contribution in [2.75, 3.05) is 37.7 Å². The fourth-order valence-corrected chi connectivity index (χ4v) is 5.71. The second kappa shape index (κ2) is 8.83. The Morgan fingerprint density at radius 1 is 1.21 bits per heavy atom. The fourth-order valence-electron chi connectivity index (χ4n) is 4.46. The molecule has 0 unspecified atom stereocenters. The van der Waals surface area contributed by atoms with Crippen molar-refractivity contribution in [1.82, 2.24) is 14.3 Å². The summed E-state index contributed by atoms with van der Waals surface area (Å²) in [6, 6.07) is 5.46. The van der Waals surface area contributed by atoms with Crippen LogP contribution in [0, 0.1) is 5.92 Å². The van der Waals surface area contributed by atoms with Crippen LogP contribution in [0.1, 0.15) is 32.3 Å². The second-order valence-electron chi connectivity index (χ2n) is 8.86. The number of thioether (sulfide) groups is 1. The third-order valence-electron chi connectivity index (χ3n) is 6.08. The summed E-state index contributed by atoms with van der Waals surface area (Å²) >= 11 is 6.68. The normalized spacial score (nSPS) is 22.0. The summed E-state index contributed by atoms with van der Waals surface area (Å²) in [5.74, 6) is 0.179. The van der Waals surface area contributed by atoms with E-state index >= 15 is 0 Å². The molecule has 0 N–H and O–H groups in total. The molecule has 3 aliphatic rings. The molecule has 2 aromatic rings. The minimum Gasteiger partial charge on any atom is -0.355 e. The van der Waals surface area contributed by atoms with Crippen molar-refractivity contribution in [3.05, 3.63) is 45.2 Å². The molecule has 8 nitrogen and oxygen atoms in total. The van der Waals surface area contributed by atoms with Crippen LogP contribution in [0.25, 0.3) is 11.7 Å². The maximum absolute atomic E-state index is 13.5. The van der Waals surface area contributed by atoms with Gasteiger partial charge in [-0.25, -0.2) is 4.98 Å². The monoisotopic (exact) mass is 486 g/mol. The molecule has 0 bridgehead atoms. The Bertz CT molecular complexity index is 1190. The van der Waals surface area contributed by atoms with E-state index < -0.39 is 5.79 Å². The van der Waals surface area contributed by atoms with Gasteiger partial charge in [0.15, 0.2) is 5.79 Å². The summed E-state index contributed by atoms with van der Waals surface area (Å²) in [7, 11) is 0. The van der Waals surface area contributed by atoms with Crippen LogP contribution in [-0.4, -0.2) is 63.1 Å². The Morgan fingerprint density at radius 2 is 1.94 bits per heavy atom. The zero-order chi connectivity index (χ0) is 23.2. The smallest absolute Gasteiger partial charge is 0.267 e. The first-order chi connectivity index (χ1) is 15.9. The van der Waals surface area contributed by atoms with E-state index in [2.05, 4.69) is 4.90 Å². The standard InChI is InChI=1S/C23H26N4O4S2/c1-15(2)14-27-21(29)17(33-22(27)32)13-16-19(24-18-5-3-4-8-26(18)20(16)28)25-9-6-23(7-10-25)30-11-12-31-23/h3-5,8,13,15H,6-7,9-12,14H2,1-2H3. The molecule has 3 saturated heterocycles. The van der Waals surface area contributed by atoms with E-state index in [1.165, 1.54) is 16.2 Å². The molecule has 2 aromatic heterocycles. The largest absolute Gasteiger partial charge is 0.355 e. The number of aromatic nitrogens is 2. The van der Waals surface area contributed by atoms with Gasteiger partial charge in [0.1, 0.15) is 15.8 Å². The Labute approximate surface area is 201 Å². The van der Waals surface area contributed by atoms with Gasteiger partial charge in [-0.15, -0.1) is 0 Å². The van der Waals surface area contributed by atoms with Gasteiger partial charge in [0.2, 0.25) is 0 Å². The maximum Gasteiger partial charge on any atom is 0.267 e. The molecule has 0 atom stereocenters. The van der Waals surface area contributed by atoms with Gasteiger partial charge in [-0.2, -0.15) is 0 Å². The molecule has 0 radical (unpaired) electrons. The van der Waals surface area contributed by atoms with Gasteiger partial charge in [0.25, 0.3) is 11.5 Å². The molecule has 10 heteroatoms. The number of fused-ring (bicyclic) bond motifs is 1. The van der Waals surface area contributed by atoms with E-state index in [0.29, 0.717) is 71.9 Å². The number of ether oxygens (including phenoxy) is 2. The highest BCUT2D eigenvalue weighted by Crippen LogP contribution is 2.36. The lowest BCUT2D eigenvalue weighted by atomic mass is 10.0. The van der Waals surface area contributed by atoms with Crippen LogP contribution in [0.2, 0.25) is 0 Å². The summed E-state index contributed by atoms with van der Waals surface area (Å²) in [6.45, 7) is 7.15. The van der Waals surface area contributed by atoms with E-state index in [4.69, 9.17) is 26.7 Å². The van der Waals surface area contributed by atoms with Crippen LogP contribution in [0.5, 0.6) is 0 Å². The van der Waals surface area contributed by atoms with Gasteiger partial charge < -0.3 is 14.4 Å². The molecule has 3 fully saturated rings. The molecule has 33 heavy (non-hydrogen) atoms. The first-order valence-corrected chi connectivity index (χ1v) is 12.4. The van der Waals surface area contributed by atoms with E-state index in [-0.39, 0.29) is 17.4 Å². The molecule has 174 valence electrons. The molecule has 0 aliphatic carbocycles. The number of hydrogen-bond donors (Lipinski definition) is 0. The lowest BCUT2D eigenvalue weighted by Crippen LogP contribution is -2.46. The van der Waals surface area contributed by atoms with Crippen molar-refractivity contribution < 1.29 is 14.3 Å². The average molecular weight is 487 g/mol. The van der Waals surface area contributed by atoms with Crippen LogP contribution < -0.4 is 10.5 Å². The van der Waals surface area contributed by atoms with Crippen LogP contribution in [-0.2, 0) is 14.3 Å². The zero-order valence-electron chi connectivity index (χ0n) is 18.7. The summed E-state index contributed by atoms with van der Waals surface area (Å²) in [5.41, 5.74) is 0.752. The van der Waals surface area contributed by atoms with Crippen molar-refractivity contribution in [1.29, 1.82) is 0 Å². The third kappa shape index (κ3) is 4.21. The first-order valence-electron chi connectivity index (χ1n) is 11.2. The Balaban J connectivity index is 1.55. The van der Waals surface area contributed by atoms with Crippen molar-refractivity contribution in [3.63, 3.8) is 0 Å². The average Bonchev–Trinajstić information content (AvgIpc) is 3.36. The highest BCUT2D eigenvalue weighted by molar-refractivity contribution is 8.26. The molecule has 0 saturated carbocycles. The van der Waals surface area contributed by atoms with Crippen molar-refractivity contribution >= 4 is 51.7 Å². The van der Waals surface area contributed by atoms with Crippen LogP contribution >= 0.6 is 24.0 Å². The highest BCUT2D eigenvalue weighted by atomic mass is 32.2. The summed E-state index contributed by atoms with van der Waals surface area (Å²) in [4.78, 5) is 35.6. The number of carbonyl (C=O) groups is 1. The number of amides is 1. The van der Waals surface area contributed by atoms with Crippen molar-refractivity contribution in [2.45, 2.75) is 32.5 Å². The van der Waals surface area contributed by atoms with Crippen LogP contribution in [0.15, 0.2) is 34.1 Å². The zero-order valence-corrected chi connectivity index (χ0v) is 20.3. The highest BCUT2D eigenvalue weighted by Gasteiger charge is 2.41. The van der Waals surface area contributed by atoms with Crippen LogP contribution in [0.4, 0.5) is 5.82 Å². The molecule has 1 amide bonds. The van der Waals surface area contributed by atoms with E-state index in [1.54, 1.807) is 23.2 Å². The SMILES string of the molecule is CC(C)CN1C(=O)C(=Cc2c(N3CCC4(CC3)OCCO4)nc3ccccn3c2=O)SC1=S. The van der Waals surface area contributed by atoms with Gasteiger partial charge in [0.05, 0.1) is 23.7 Å². The van der Waals surface area contributed by atoms with Gasteiger partial charge >= 0.3 is 0 Å². The molecule has 3 aliphatic heterocycles. The lowest BCUT2D eigenvalue weighted by molar-refractivity contribution is -0.169. The molecule has 5 heterocycles. The fraction of sp³-hybridized carbons (Fsp3) is 0.478. The molecule has 0 aromatic carbocycles. The molecule has 5 rings (SSSR count). The molecule has 1 spiro atoms. The number of thiocarbonyl (C=S) groups is 1. The third-order valence-corrected chi connectivity index (χ3v) is 7.46. The summed E-state index contributed by atoms with van der Waals surface area (Å²) < 4.78 is 13.7. The van der Waals surface area contributed by atoms with Gasteiger partial charge in [-0.1, -0.05) is 43.9 Å². The number of hydrogen-bond acceptors (Lipinski definition) is 8. The number of nitrogens with zero attached hydrogens (tertiary/aromatic N) is 4.